The number of nitrogens with zero attached hydrogens (tertiary/aromatic N) is 3. The molecular formula is C21H13BrClN3O4S. The van der Waals surface area contributed by atoms with Crippen molar-refractivity contribution in [2.45, 2.75) is 9.92 Å². The minimum Gasteiger partial charge on any atom is -0.478 e. The SMILES string of the molecule is O=C(O)c1cccc(-n2nnc(S(=O)(=O)c3ccccc3Cl)c2-c2ccc(Br)cc2)c1. The van der Waals surface area contributed by atoms with E-state index in [1.807, 2.05) is 0 Å². The Hall–Kier alpha value is -3.01. The summed E-state index contributed by atoms with van der Waals surface area (Å²) in [6.07, 6.45) is 0. The van der Waals surface area contributed by atoms with Gasteiger partial charge in [0.25, 0.3) is 0 Å². The van der Waals surface area contributed by atoms with E-state index in [0.717, 1.165) is 4.47 Å². The highest BCUT2D eigenvalue weighted by Gasteiger charge is 2.30. The Bertz CT molecular complexity index is 1400. The first-order valence-electron chi connectivity index (χ1n) is 8.84. The Balaban J connectivity index is 2.00. The van der Waals surface area contributed by atoms with E-state index in [-0.39, 0.29) is 26.2 Å². The van der Waals surface area contributed by atoms with Gasteiger partial charge in [0.05, 0.1) is 21.2 Å². The molecule has 0 aliphatic rings. The zero-order chi connectivity index (χ0) is 22.2. The molecule has 0 radical (unpaired) electrons. The molecule has 1 aromatic heterocycles. The van der Waals surface area contributed by atoms with Crippen LogP contribution in [0.25, 0.3) is 16.9 Å². The first-order chi connectivity index (χ1) is 14.8. The summed E-state index contributed by atoms with van der Waals surface area (Å²) < 4.78 is 29.0. The molecule has 0 amide bonds. The van der Waals surface area contributed by atoms with Gasteiger partial charge in [-0.3, -0.25) is 0 Å². The van der Waals surface area contributed by atoms with Crippen LogP contribution in [0.1, 0.15) is 10.4 Å². The largest absolute Gasteiger partial charge is 0.478 e. The third kappa shape index (κ3) is 3.99. The van der Waals surface area contributed by atoms with Crippen LogP contribution >= 0.6 is 27.5 Å². The molecule has 3 aromatic carbocycles. The summed E-state index contributed by atoms with van der Waals surface area (Å²) >= 11 is 9.51. The number of carboxylic acid groups (broad SMARTS) is 1. The molecule has 0 saturated carbocycles. The van der Waals surface area contributed by atoms with Gasteiger partial charge in [-0.15, -0.1) is 5.10 Å². The molecule has 0 aliphatic heterocycles. The van der Waals surface area contributed by atoms with Gasteiger partial charge in [0.1, 0.15) is 5.69 Å². The highest BCUT2D eigenvalue weighted by atomic mass is 79.9. The lowest BCUT2D eigenvalue weighted by Crippen LogP contribution is -2.07. The summed E-state index contributed by atoms with van der Waals surface area (Å²) in [5.41, 5.74) is 1.10. The van der Waals surface area contributed by atoms with Crippen molar-refractivity contribution < 1.29 is 18.3 Å². The Morgan fingerprint density at radius 3 is 2.39 bits per heavy atom. The summed E-state index contributed by atoms with van der Waals surface area (Å²) in [4.78, 5) is 11.3. The molecule has 1 heterocycles. The topological polar surface area (TPSA) is 102 Å². The number of carbonyl (C=O) groups is 1. The van der Waals surface area contributed by atoms with E-state index in [2.05, 4.69) is 26.2 Å². The second-order valence-electron chi connectivity index (χ2n) is 6.45. The molecule has 10 heteroatoms. The second-order valence-corrected chi connectivity index (χ2v) is 9.61. The third-order valence-electron chi connectivity index (χ3n) is 4.48. The van der Waals surface area contributed by atoms with Crippen molar-refractivity contribution in [1.29, 1.82) is 0 Å². The molecule has 0 unspecified atom stereocenters. The van der Waals surface area contributed by atoms with Gasteiger partial charge in [-0.25, -0.2) is 17.9 Å². The van der Waals surface area contributed by atoms with E-state index in [1.165, 1.54) is 28.9 Å². The maximum Gasteiger partial charge on any atom is 0.335 e. The fourth-order valence-corrected chi connectivity index (χ4v) is 5.12. The zero-order valence-corrected chi connectivity index (χ0v) is 18.8. The number of aromatic nitrogens is 3. The molecule has 31 heavy (non-hydrogen) atoms. The van der Waals surface area contributed by atoms with Gasteiger partial charge in [0, 0.05) is 10.0 Å². The molecule has 0 spiro atoms. The second kappa shape index (κ2) is 8.26. The quantitative estimate of drug-likeness (QED) is 0.404. The summed E-state index contributed by atoms with van der Waals surface area (Å²) in [6, 6.07) is 19.0. The number of carboxylic acids is 1. The van der Waals surface area contributed by atoms with E-state index in [4.69, 9.17) is 11.6 Å². The van der Waals surface area contributed by atoms with Crippen LogP contribution in [0, 0.1) is 0 Å². The van der Waals surface area contributed by atoms with Gasteiger partial charge in [-0.05, 0) is 42.5 Å². The number of benzene rings is 3. The van der Waals surface area contributed by atoms with Gasteiger partial charge in [-0.1, -0.05) is 63.1 Å². The van der Waals surface area contributed by atoms with Crippen LogP contribution in [0.4, 0.5) is 0 Å². The highest BCUT2D eigenvalue weighted by molar-refractivity contribution is 9.10. The molecule has 0 saturated heterocycles. The number of hydrogen-bond acceptors (Lipinski definition) is 5. The standard InChI is InChI=1S/C21H13BrClN3O4S/c22-15-10-8-13(9-11-15)19-20(31(29,30)18-7-2-1-6-17(18)23)24-25-26(19)16-5-3-4-14(12-16)21(27)28/h1-12H,(H,27,28). The minimum atomic E-state index is -4.13. The lowest BCUT2D eigenvalue weighted by atomic mass is 10.1. The molecule has 7 nitrogen and oxygen atoms in total. The van der Waals surface area contributed by atoms with E-state index in [0.29, 0.717) is 11.3 Å². The minimum absolute atomic E-state index is 0.0327. The summed E-state index contributed by atoms with van der Waals surface area (Å²) in [6.45, 7) is 0. The molecule has 1 N–H and O–H groups in total. The third-order valence-corrected chi connectivity index (χ3v) is 7.16. The smallest absolute Gasteiger partial charge is 0.335 e. The Morgan fingerprint density at radius 1 is 1.00 bits per heavy atom. The monoisotopic (exact) mass is 517 g/mol. The predicted molar refractivity (Wildman–Crippen MR) is 118 cm³/mol. The van der Waals surface area contributed by atoms with Gasteiger partial charge < -0.3 is 5.11 Å². The fourth-order valence-electron chi connectivity index (χ4n) is 3.02. The van der Waals surface area contributed by atoms with E-state index in [1.54, 1.807) is 48.5 Å². The Kier molecular flexibility index (Phi) is 5.65. The van der Waals surface area contributed by atoms with Crippen LogP contribution in [-0.4, -0.2) is 34.5 Å². The molecular weight excluding hydrogens is 506 g/mol. The van der Waals surface area contributed by atoms with Crippen molar-refractivity contribution in [3.63, 3.8) is 0 Å². The van der Waals surface area contributed by atoms with Crippen LogP contribution < -0.4 is 0 Å². The van der Waals surface area contributed by atoms with Crippen molar-refractivity contribution >= 4 is 43.3 Å². The van der Waals surface area contributed by atoms with Crippen LogP contribution in [-0.2, 0) is 9.84 Å². The van der Waals surface area contributed by atoms with E-state index < -0.39 is 15.8 Å². The Morgan fingerprint density at radius 2 is 1.71 bits per heavy atom. The first kappa shape index (κ1) is 21.2. The maximum absolute atomic E-state index is 13.4. The van der Waals surface area contributed by atoms with Crippen molar-refractivity contribution in [3.8, 4) is 16.9 Å². The van der Waals surface area contributed by atoms with Crippen LogP contribution in [0.3, 0.4) is 0 Å². The van der Waals surface area contributed by atoms with Gasteiger partial charge >= 0.3 is 5.97 Å². The summed E-state index contributed by atoms with van der Waals surface area (Å²) in [5.74, 6) is -1.11. The number of rotatable bonds is 5. The number of halogens is 2. The van der Waals surface area contributed by atoms with Gasteiger partial charge in [0.15, 0.2) is 0 Å². The zero-order valence-electron chi connectivity index (χ0n) is 15.6. The average molecular weight is 519 g/mol. The van der Waals surface area contributed by atoms with Crippen LogP contribution in [0.2, 0.25) is 5.02 Å². The Labute approximate surface area is 191 Å². The molecule has 4 rings (SSSR count). The van der Waals surface area contributed by atoms with Crippen molar-refractivity contribution in [2.75, 3.05) is 0 Å². The van der Waals surface area contributed by atoms with E-state index >= 15 is 0 Å². The lowest BCUT2D eigenvalue weighted by molar-refractivity contribution is 0.0697. The normalized spacial score (nSPS) is 11.4. The maximum atomic E-state index is 13.4. The van der Waals surface area contributed by atoms with Crippen LogP contribution in [0.5, 0.6) is 0 Å². The van der Waals surface area contributed by atoms with Gasteiger partial charge in [-0.2, -0.15) is 0 Å². The van der Waals surface area contributed by atoms with Crippen LogP contribution in [0.15, 0.2) is 87.2 Å². The summed E-state index contributed by atoms with van der Waals surface area (Å²) in [5, 5.41) is 17.1. The number of aromatic carboxylic acids is 1. The summed E-state index contributed by atoms with van der Waals surface area (Å²) in [7, 11) is -4.13. The van der Waals surface area contributed by atoms with Crippen molar-refractivity contribution in [1.82, 2.24) is 15.0 Å². The molecule has 0 fully saturated rings. The average Bonchev–Trinajstić information content (AvgIpc) is 3.20. The molecule has 156 valence electrons. The molecule has 4 aromatic rings. The highest BCUT2D eigenvalue weighted by Crippen LogP contribution is 2.34. The molecule has 0 aliphatic carbocycles. The van der Waals surface area contributed by atoms with Crippen molar-refractivity contribution in [2.24, 2.45) is 0 Å². The number of sulfone groups is 1. The molecule has 0 atom stereocenters. The lowest BCUT2D eigenvalue weighted by Gasteiger charge is -2.10. The fraction of sp³-hybridized carbons (Fsp3) is 0. The van der Waals surface area contributed by atoms with E-state index in [9.17, 15) is 18.3 Å². The van der Waals surface area contributed by atoms with Gasteiger partial charge in [0.2, 0.25) is 14.9 Å². The predicted octanol–water partition coefficient (Wildman–Crippen LogP) is 4.88. The number of hydrogen-bond donors (Lipinski definition) is 1. The molecule has 0 bridgehead atoms. The van der Waals surface area contributed by atoms with Crippen molar-refractivity contribution in [3.05, 3.63) is 87.9 Å². The first-order valence-corrected chi connectivity index (χ1v) is 11.5.